The van der Waals surface area contributed by atoms with Crippen molar-refractivity contribution < 1.29 is 0 Å². The van der Waals surface area contributed by atoms with Gasteiger partial charge in [-0.1, -0.05) is 212 Å². The number of fused-ring (bicyclic) bond motifs is 18. The van der Waals surface area contributed by atoms with E-state index in [-0.39, 0.29) is 0 Å². The van der Waals surface area contributed by atoms with Crippen molar-refractivity contribution in [1.29, 1.82) is 10.5 Å². The van der Waals surface area contributed by atoms with Crippen molar-refractivity contribution in [3.05, 3.63) is 369 Å². The van der Waals surface area contributed by atoms with Crippen molar-refractivity contribution in [2.75, 3.05) is 0 Å². The van der Waals surface area contributed by atoms with Gasteiger partial charge >= 0.3 is 0 Å². The minimum atomic E-state index is 0.380. The Bertz CT molecular complexity index is 7100. The number of benzene rings is 16. The summed E-state index contributed by atoms with van der Waals surface area (Å²) in [6.07, 6.45) is 0. The molecule has 0 saturated carbocycles. The van der Waals surface area contributed by atoms with E-state index in [1.807, 2.05) is 66.7 Å². The van der Waals surface area contributed by atoms with Gasteiger partial charge in [0.05, 0.1) is 72.5 Å². The number of rotatable bonds is 8. The second-order valence-electron chi connectivity index (χ2n) is 27.6. The Kier molecular flexibility index (Phi) is 14.2. The van der Waals surface area contributed by atoms with Crippen molar-refractivity contribution in [3.8, 4) is 79.8 Å². The molecule has 0 aliphatic carbocycles. The molecule has 0 amide bonds. The number of nitrogens with zero attached hydrogens (tertiary/aromatic N) is 9. The minimum Gasteiger partial charge on any atom is -0.309 e. The summed E-state index contributed by atoms with van der Waals surface area (Å²) < 4.78 is 9.49. The fraction of sp³-hybridized carbons (Fsp3) is 0. The highest BCUT2D eigenvalue weighted by Crippen LogP contribution is 2.46. The van der Waals surface area contributed by atoms with Crippen LogP contribution in [0.15, 0.2) is 358 Å². The predicted octanol–water partition coefficient (Wildman–Crippen LogP) is 25.0. The summed E-state index contributed by atoms with van der Waals surface area (Å²) in [6, 6.07) is 131. The van der Waals surface area contributed by atoms with E-state index in [4.69, 9.17) is 9.97 Å². The molecule has 9 heteroatoms. The average Bonchev–Trinajstić information content (AvgIpc) is 1.57. The maximum atomic E-state index is 9.89. The molecular weight excluding hydrogens is 1320 g/mol. The van der Waals surface area contributed by atoms with Crippen LogP contribution >= 0.6 is 0 Å². The molecule has 0 unspecified atom stereocenters. The lowest BCUT2D eigenvalue weighted by Gasteiger charge is -2.11. The Morgan fingerprint density at radius 3 is 1.11 bits per heavy atom. The summed E-state index contributed by atoms with van der Waals surface area (Å²) >= 11 is 0. The van der Waals surface area contributed by atoms with Gasteiger partial charge in [0.15, 0.2) is 11.5 Å². The number of nitriles is 2. The molecular formula is C99H59N9. The van der Waals surface area contributed by atoms with Crippen molar-refractivity contribution in [1.82, 2.24) is 33.2 Å². The average molecular weight is 1370 g/mol. The van der Waals surface area contributed by atoms with Crippen LogP contribution in [0.4, 0.5) is 0 Å². The van der Waals surface area contributed by atoms with E-state index in [9.17, 15) is 10.5 Å². The molecule has 0 bridgehead atoms. The smallest absolute Gasteiger partial charge is 0.161 e. The third-order valence-electron chi connectivity index (χ3n) is 21.7. The van der Waals surface area contributed by atoms with Crippen LogP contribution in [0.2, 0.25) is 0 Å². The molecule has 0 atom stereocenters. The van der Waals surface area contributed by atoms with Crippen molar-refractivity contribution >= 4 is 131 Å². The van der Waals surface area contributed by atoms with E-state index < -0.39 is 0 Å². The van der Waals surface area contributed by atoms with Crippen LogP contribution in [0.25, 0.3) is 198 Å². The Balaban J connectivity index is 0.000000138. The molecule has 22 aromatic rings. The monoisotopic (exact) mass is 1370 g/mol. The fourth-order valence-corrected chi connectivity index (χ4v) is 17.0. The van der Waals surface area contributed by atoms with Crippen molar-refractivity contribution in [2.24, 2.45) is 0 Å². The maximum absolute atomic E-state index is 9.89. The molecule has 9 nitrogen and oxygen atoms in total. The summed E-state index contributed by atoms with van der Waals surface area (Å²) in [7, 11) is 0. The van der Waals surface area contributed by atoms with Crippen LogP contribution in [0.1, 0.15) is 11.3 Å². The first-order valence-corrected chi connectivity index (χ1v) is 36.3. The molecule has 500 valence electrons. The van der Waals surface area contributed by atoms with E-state index in [1.54, 1.807) is 0 Å². The van der Waals surface area contributed by atoms with Crippen LogP contribution in [-0.4, -0.2) is 33.2 Å². The van der Waals surface area contributed by atoms with Gasteiger partial charge in [-0.3, -0.25) is 0 Å². The first kappa shape index (κ1) is 61.6. The molecule has 0 spiro atoms. The maximum Gasteiger partial charge on any atom is 0.161 e. The van der Waals surface area contributed by atoms with E-state index in [0.717, 1.165) is 83.4 Å². The minimum absolute atomic E-state index is 0.380. The van der Waals surface area contributed by atoms with Gasteiger partial charge in [-0.25, -0.2) is 15.0 Å². The van der Waals surface area contributed by atoms with Gasteiger partial charge in [0.2, 0.25) is 0 Å². The quantitative estimate of drug-likeness (QED) is 0.151. The first-order chi connectivity index (χ1) is 53.5. The second-order valence-corrected chi connectivity index (χ2v) is 27.6. The van der Waals surface area contributed by atoms with E-state index in [2.05, 4.69) is 327 Å². The van der Waals surface area contributed by atoms with Gasteiger partial charge in [0.1, 0.15) is 6.07 Å². The molecule has 16 aromatic carbocycles. The number of pyridine rings is 1. The molecule has 0 fully saturated rings. The van der Waals surface area contributed by atoms with Crippen molar-refractivity contribution in [2.45, 2.75) is 0 Å². The lowest BCUT2D eigenvalue weighted by Crippen LogP contribution is -1.97. The van der Waals surface area contributed by atoms with Gasteiger partial charge in [-0.2, -0.15) is 10.5 Å². The van der Waals surface area contributed by atoms with Gasteiger partial charge in [-0.15, -0.1) is 0 Å². The summed E-state index contributed by atoms with van der Waals surface area (Å²) in [6.45, 7) is 0. The fourth-order valence-electron chi connectivity index (χ4n) is 17.0. The molecule has 6 heterocycles. The number of hydrogen-bond acceptors (Lipinski definition) is 5. The topological polar surface area (TPSA) is 106 Å². The highest BCUT2D eigenvalue weighted by molar-refractivity contribution is 6.25. The zero-order valence-electron chi connectivity index (χ0n) is 58.1. The first-order valence-electron chi connectivity index (χ1n) is 36.3. The molecule has 0 radical (unpaired) electrons. The van der Waals surface area contributed by atoms with Gasteiger partial charge < -0.3 is 18.3 Å². The number of hydrogen-bond donors (Lipinski definition) is 0. The largest absolute Gasteiger partial charge is 0.309 e. The van der Waals surface area contributed by atoms with Crippen molar-refractivity contribution in [3.63, 3.8) is 0 Å². The van der Waals surface area contributed by atoms with Crippen LogP contribution in [0.3, 0.4) is 0 Å². The van der Waals surface area contributed by atoms with E-state index in [1.165, 1.54) is 109 Å². The Hall–Kier alpha value is -15.0. The lowest BCUT2D eigenvalue weighted by molar-refractivity contribution is 1.17. The van der Waals surface area contributed by atoms with Crippen LogP contribution in [-0.2, 0) is 0 Å². The summed E-state index contributed by atoms with van der Waals surface area (Å²) in [5, 5.41) is 36.2. The molecule has 6 aromatic heterocycles. The third kappa shape index (κ3) is 9.74. The molecule has 0 aliphatic heterocycles. The summed E-state index contributed by atoms with van der Waals surface area (Å²) in [5.41, 5.74) is 23.7. The molecule has 22 rings (SSSR count). The molecule has 0 N–H and O–H groups in total. The third-order valence-corrected chi connectivity index (χ3v) is 21.7. The Morgan fingerprint density at radius 1 is 0.231 bits per heavy atom. The zero-order chi connectivity index (χ0) is 71.5. The number of aromatic nitrogens is 7. The molecule has 108 heavy (non-hydrogen) atoms. The Labute approximate surface area is 619 Å². The van der Waals surface area contributed by atoms with Gasteiger partial charge in [-0.05, 0) is 189 Å². The van der Waals surface area contributed by atoms with Gasteiger partial charge in [0.25, 0.3) is 0 Å². The molecule has 0 aliphatic rings. The number of para-hydroxylation sites is 6. The SMILES string of the molecule is N#Cc1cc(-c2ccc(-n3c4ccccc4c4c(-c5ccc6c(c5)c5c7ccccc7ccc5n6-c5ccccc5)cccc43)cc2)nc2ccccc12.N#Cc1nc(-c2ccc(-n3c4ccccc4c4c(-c5ccc6c(c5)c5c7ccccc7ccc5n6-c5ccccc5)cccc43)cc2)nc2ccccc12. The highest BCUT2D eigenvalue weighted by Gasteiger charge is 2.23. The summed E-state index contributed by atoms with van der Waals surface area (Å²) in [4.78, 5) is 14.3. The predicted molar refractivity (Wildman–Crippen MR) is 445 cm³/mol. The van der Waals surface area contributed by atoms with E-state index >= 15 is 0 Å². The normalized spacial score (nSPS) is 11.7. The highest BCUT2D eigenvalue weighted by atomic mass is 15.0. The second kappa shape index (κ2) is 24.9. The van der Waals surface area contributed by atoms with Crippen LogP contribution < -0.4 is 0 Å². The van der Waals surface area contributed by atoms with Crippen LogP contribution in [0, 0.1) is 22.7 Å². The Morgan fingerprint density at radius 2 is 0.611 bits per heavy atom. The standard InChI is InChI=1S/C50H30N4.C49H29N5/c51-31-35-30-44(52-43-18-8-6-14-38(35)43)33-21-25-37(26-22-33)54-45-19-9-7-16-41(45)49-40(17-10-20-47(49)54)34-24-27-46-42(29-34)50-39-15-5-4-11-32(39)23-28-48(50)53(46)36-12-2-1-3-13-36;50-30-42-38-15-6-8-18-41(38)51-49(52-42)32-21-25-35(26-22-32)54-43-19-9-7-16-39(43)47-37(17-10-20-45(47)54)33-24-27-44-40(29-33)48-36-14-5-4-11-31(36)23-28-46(48)53(44)34-12-2-1-3-13-34/h1-30H;1-29H. The lowest BCUT2D eigenvalue weighted by atomic mass is 9.97. The summed E-state index contributed by atoms with van der Waals surface area (Å²) in [5.74, 6) is 0.540. The molecule has 0 saturated heterocycles. The van der Waals surface area contributed by atoms with Crippen LogP contribution in [0.5, 0.6) is 0 Å². The zero-order valence-corrected chi connectivity index (χ0v) is 58.1. The van der Waals surface area contributed by atoms with E-state index in [0.29, 0.717) is 17.1 Å². The van der Waals surface area contributed by atoms with Gasteiger partial charge in [0, 0.05) is 87.7 Å².